The molecule has 0 spiro atoms. The Balaban J connectivity index is 4.09. The first-order chi connectivity index (χ1) is 5.91. The third-order valence-corrected chi connectivity index (χ3v) is 2.61. The van der Waals surface area contributed by atoms with Crippen LogP contribution in [-0.2, 0) is 0 Å². The van der Waals surface area contributed by atoms with Crippen LogP contribution in [0.4, 0.5) is 0 Å². The minimum atomic E-state index is -0.0562. The second-order valence-corrected chi connectivity index (χ2v) is 8.07. The molecular weight excluding hydrogens is 186 g/mol. The molecule has 2 heteroatoms. The monoisotopic (exact) mass is 212 g/mol. The standard InChI is InChI=1S/C12H26NSi/c1-10(2,9-11(3,4)13)7-8-12(5,6)14/h7-9,13H2,1-6H3. The van der Waals surface area contributed by atoms with Crippen LogP contribution < -0.4 is 5.73 Å². The van der Waals surface area contributed by atoms with Gasteiger partial charge in [0, 0.05) is 15.8 Å². The van der Waals surface area contributed by atoms with Crippen LogP contribution in [0.25, 0.3) is 0 Å². The van der Waals surface area contributed by atoms with E-state index in [1.807, 2.05) is 0 Å². The molecule has 0 unspecified atom stereocenters. The number of hydrogen-bond donors (Lipinski definition) is 1. The molecule has 0 amide bonds. The van der Waals surface area contributed by atoms with Gasteiger partial charge in [-0.25, -0.2) is 0 Å². The van der Waals surface area contributed by atoms with Crippen LogP contribution in [0.2, 0.25) is 5.04 Å². The van der Waals surface area contributed by atoms with E-state index in [2.05, 4.69) is 51.8 Å². The molecule has 0 aliphatic rings. The van der Waals surface area contributed by atoms with Gasteiger partial charge in [0.05, 0.1) is 0 Å². The van der Waals surface area contributed by atoms with Gasteiger partial charge in [-0.3, -0.25) is 0 Å². The van der Waals surface area contributed by atoms with Gasteiger partial charge in [0.2, 0.25) is 0 Å². The predicted octanol–water partition coefficient (Wildman–Crippen LogP) is 3.29. The Labute approximate surface area is 93.3 Å². The zero-order valence-corrected chi connectivity index (χ0v) is 11.7. The molecule has 0 rings (SSSR count). The molecule has 0 saturated carbocycles. The van der Waals surface area contributed by atoms with Crippen molar-refractivity contribution in [3.63, 3.8) is 0 Å². The molecule has 0 aromatic heterocycles. The normalized spacial score (nSPS) is 14.6. The van der Waals surface area contributed by atoms with Crippen molar-refractivity contribution in [3.05, 3.63) is 0 Å². The Morgan fingerprint density at radius 1 is 0.929 bits per heavy atom. The highest BCUT2D eigenvalue weighted by Gasteiger charge is 2.27. The van der Waals surface area contributed by atoms with E-state index < -0.39 is 0 Å². The lowest BCUT2D eigenvalue weighted by Crippen LogP contribution is -2.37. The second-order valence-electron chi connectivity index (χ2n) is 6.71. The largest absolute Gasteiger partial charge is 0.326 e. The number of hydrogen-bond acceptors (Lipinski definition) is 1. The van der Waals surface area contributed by atoms with Gasteiger partial charge in [-0.2, -0.15) is 0 Å². The molecule has 0 aliphatic heterocycles. The quantitative estimate of drug-likeness (QED) is 0.695. The fraction of sp³-hybridized carbons (Fsp3) is 1.00. The lowest BCUT2D eigenvalue weighted by atomic mass is 9.76. The number of nitrogens with two attached hydrogens (primary N) is 1. The van der Waals surface area contributed by atoms with Crippen LogP contribution in [0.5, 0.6) is 0 Å². The van der Waals surface area contributed by atoms with Crippen molar-refractivity contribution in [1.82, 2.24) is 0 Å². The third-order valence-electron chi connectivity index (χ3n) is 2.36. The van der Waals surface area contributed by atoms with E-state index in [1.165, 1.54) is 12.8 Å². The average Bonchev–Trinajstić information content (AvgIpc) is 1.76. The highest BCUT2D eigenvalue weighted by molar-refractivity contribution is 6.14. The molecule has 0 fully saturated rings. The molecule has 0 aromatic carbocycles. The topological polar surface area (TPSA) is 26.0 Å². The molecule has 14 heavy (non-hydrogen) atoms. The minimum absolute atomic E-state index is 0.0562. The predicted molar refractivity (Wildman–Crippen MR) is 65.7 cm³/mol. The lowest BCUT2D eigenvalue weighted by Gasteiger charge is -2.34. The van der Waals surface area contributed by atoms with Gasteiger partial charge in [0.15, 0.2) is 0 Å². The fourth-order valence-electron chi connectivity index (χ4n) is 1.97. The van der Waals surface area contributed by atoms with Crippen molar-refractivity contribution >= 4 is 10.2 Å². The fourth-order valence-corrected chi connectivity index (χ4v) is 2.10. The van der Waals surface area contributed by atoms with Crippen molar-refractivity contribution in [2.45, 2.75) is 71.4 Å². The van der Waals surface area contributed by atoms with E-state index in [4.69, 9.17) is 5.73 Å². The Bertz CT molecular complexity index is 172. The van der Waals surface area contributed by atoms with Gasteiger partial charge >= 0.3 is 0 Å². The molecule has 0 bridgehead atoms. The van der Waals surface area contributed by atoms with Crippen molar-refractivity contribution < 1.29 is 0 Å². The van der Waals surface area contributed by atoms with E-state index in [-0.39, 0.29) is 10.6 Å². The van der Waals surface area contributed by atoms with Gasteiger partial charge in [-0.1, -0.05) is 34.1 Å². The maximum Gasteiger partial charge on any atom is 0.0305 e. The Morgan fingerprint density at radius 2 is 1.36 bits per heavy atom. The maximum atomic E-state index is 6.05. The van der Waals surface area contributed by atoms with Crippen molar-refractivity contribution in [2.24, 2.45) is 11.1 Å². The molecule has 2 N–H and O–H groups in total. The molecule has 0 atom stereocenters. The Hall–Kier alpha value is 0.177. The molecule has 0 heterocycles. The zero-order valence-electron chi connectivity index (χ0n) is 10.7. The summed E-state index contributed by atoms with van der Waals surface area (Å²) in [6.07, 6.45) is 3.47. The summed E-state index contributed by atoms with van der Waals surface area (Å²) < 4.78 is 0. The average molecular weight is 212 g/mol. The van der Waals surface area contributed by atoms with E-state index in [1.54, 1.807) is 0 Å². The van der Waals surface area contributed by atoms with Crippen LogP contribution in [0, 0.1) is 5.41 Å². The summed E-state index contributed by atoms with van der Waals surface area (Å²) in [5.74, 6) is 0. The van der Waals surface area contributed by atoms with Crippen LogP contribution in [0.3, 0.4) is 0 Å². The van der Waals surface area contributed by atoms with E-state index in [0.29, 0.717) is 5.41 Å². The van der Waals surface area contributed by atoms with Crippen LogP contribution >= 0.6 is 0 Å². The second kappa shape index (κ2) is 4.36. The first-order valence-electron chi connectivity index (χ1n) is 5.45. The van der Waals surface area contributed by atoms with Crippen LogP contribution in [-0.4, -0.2) is 15.8 Å². The summed E-state index contributed by atoms with van der Waals surface area (Å²) in [7, 11) is 3.73. The van der Waals surface area contributed by atoms with E-state index in [9.17, 15) is 0 Å². The zero-order chi connectivity index (χ0) is 11.6. The number of rotatable bonds is 5. The van der Waals surface area contributed by atoms with Gasteiger partial charge in [0.25, 0.3) is 0 Å². The molecule has 3 radical (unpaired) electrons. The summed E-state index contributed by atoms with van der Waals surface area (Å²) in [5.41, 5.74) is 6.33. The van der Waals surface area contributed by atoms with Crippen LogP contribution in [0.15, 0.2) is 0 Å². The molecular formula is C12H26NSi. The maximum absolute atomic E-state index is 6.05. The SMILES string of the molecule is CC(C)(N)CC(C)(C)CCC(C)(C)[Si]. The summed E-state index contributed by atoms with van der Waals surface area (Å²) in [5, 5.41) is 0.246. The third kappa shape index (κ3) is 8.76. The van der Waals surface area contributed by atoms with E-state index in [0.717, 1.165) is 6.42 Å². The summed E-state index contributed by atoms with van der Waals surface area (Å²) in [4.78, 5) is 0. The Morgan fingerprint density at radius 3 is 1.64 bits per heavy atom. The molecule has 0 aromatic rings. The first kappa shape index (κ1) is 14.2. The van der Waals surface area contributed by atoms with E-state index >= 15 is 0 Å². The van der Waals surface area contributed by atoms with Gasteiger partial charge in [-0.15, -0.1) is 0 Å². The highest BCUT2D eigenvalue weighted by atomic mass is 28.1. The summed E-state index contributed by atoms with van der Waals surface area (Å²) in [6.45, 7) is 13.3. The van der Waals surface area contributed by atoms with Gasteiger partial charge < -0.3 is 5.73 Å². The van der Waals surface area contributed by atoms with Crippen molar-refractivity contribution in [1.29, 1.82) is 0 Å². The smallest absolute Gasteiger partial charge is 0.0305 e. The van der Waals surface area contributed by atoms with Crippen molar-refractivity contribution in [3.8, 4) is 0 Å². The van der Waals surface area contributed by atoms with Crippen LogP contribution in [0.1, 0.15) is 60.8 Å². The minimum Gasteiger partial charge on any atom is -0.326 e. The van der Waals surface area contributed by atoms with Gasteiger partial charge in [-0.05, 0) is 37.1 Å². The molecule has 0 saturated heterocycles. The first-order valence-corrected chi connectivity index (χ1v) is 5.95. The summed E-state index contributed by atoms with van der Waals surface area (Å²) in [6, 6.07) is 0. The highest BCUT2D eigenvalue weighted by Crippen LogP contribution is 2.37. The van der Waals surface area contributed by atoms with Crippen molar-refractivity contribution in [2.75, 3.05) is 0 Å². The molecule has 1 nitrogen and oxygen atoms in total. The summed E-state index contributed by atoms with van der Waals surface area (Å²) >= 11 is 0. The van der Waals surface area contributed by atoms with Gasteiger partial charge in [0.1, 0.15) is 0 Å². The molecule has 83 valence electrons. The Kier molecular flexibility index (Phi) is 4.41. The molecule has 0 aliphatic carbocycles. The lowest BCUT2D eigenvalue weighted by molar-refractivity contribution is 0.228.